The third kappa shape index (κ3) is 5.44. The molecule has 1 aromatic heterocycles. The van der Waals surface area contributed by atoms with E-state index in [1.54, 1.807) is 24.3 Å². The second-order valence-electron chi connectivity index (χ2n) is 7.81. The number of ether oxygens (including phenoxy) is 2. The molecule has 0 aliphatic carbocycles. The number of hydrogen-bond acceptors (Lipinski definition) is 7. The smallest absolute Gasteiger partial charge is 0.338 e. The van der Waals surface area contributed by atoms with Crippen molar-refractivity contribution in [3.05, 3.63) is 71.2 Å². The van der Waals surface area contributed by atoms with Crippen molar-refractivity contribution >= 4 is 27.6 Å². The van der Waals surface area contributed by atoms with E-state index in [1.165, 1.54) is 34.8 Å². The number of esters is 1. The van der Waals surface area contributed by atoms with Gasteiger partial charge in [0.1, 0.15) is 0 Å². The molecule has 0 radical (unpaired) electrons. The van der Waals surface area contributed by atoms with Gasteiger partial charge in [-0.25, -0.2) is 18.2 Å². The fraction of sp³-hybridized carbons (Fsp3) is 0.304. The number of carbonyl (C=O) groups excluding carboxylic acids is 1. The van der Waals surface area contributed by atoms with E-state index in [1.807, 2.05) is 13.8 Å². The third-order valence-electron chi connectivity index (χ3n) is 5.10. The standard InChI is InChI=1S/C23H23ClN2O6S/c1-15-12-26(13-16(2)31-15)33(28,29)20-5-3-4-18(10-20)23(27)30-14-22-25-11-21(32-22)17-6-8-19(24)9-7-17/h3-11,15-16H,12-14H2,1-2H3. The quantitative estimate of drug-likeness (QED) is 0.478. The van der Waals surface area contributed by atoms with Crippen LogP contribution in [0.4, 0.5) is 0 Å². The Labute approximate surface area is 197 Å². The van der Waals surface area contributed by atoms with E-state index in [0.29, 0.717) is 10.8 Å². The number of aromatic nitrogens is 1. The van der Waals surface area contributed by atoms with Crippen molar-refractivity contribution < 1.29 is 27.1 Å². The minimum absolute atomic E-state index is 0.0272. The monoisotopic (exact) mass is 490 g/mol. The first-order valence-corrected chi connectivity index (χ1v) is 12.2. The Hall–Kier alpha value is -2.72. The molecule has 1 aliphatic rings. The minimum Gasteiger partial charge on any atom is -0.452 e. The summed E-state index contributed by atoms with van der Waals surface area (Å²) in [6, 6.07) is 12.8. The van der Waals surface area contributed by atoms with Gasteiger partial charge >= 0.3 is 5.97 Å². The third-order valence-corrected chi connectivity index (χ3v) is 7.18. The lowest BCUT2D eigenvalue weighted by Gasteiger charge is -2.34. The van der Waals surface area contributed by atoms with E-state index in [9.17, 15) is 13.2 Å². The van der Waals surface area contributed by atoms with Crippen LogP contribution in [0, 0.1) is 0 Å². The van der Waals surface area contributed by atoms with Crippen LogP contribution in [0.3, 0.4) is 0 Å². The summed E-state index contributed by atoms with van der Waals surface area (Å²) in [4.78, 5) is 16.7. The van der Waals surface area contributed by atoms with E-state index in [2.05, 4.69) is 4.98 Å². The average molecular weight is 491 g/mol. The first-order chi connectivity index (χ1) is 15.7. The number of oxazole rings is 1. The van der Waals surface area contributed by atoms with Gasteiger partial charge in [0, 0.05) is 23.7 Å². The lowest BCUT2D eigenvalue weighted by molar-refractivity contribution is -0.0440. The molecule has 0 N–H and O–H groups in total. The van der Waals surface area contributed by atoms with E-state index in [-0.39, 0.29) is 48.3 Å². The first kappa shape index (κ1) is 23.4. The molecule has 1 aliphatic heterocycles. The molecule has 4 rings (SSSR count). The zero-order chi connectivity index (χ0) is 23.6. The Kier molecular flexibility index (Phi) is 6.85. The molecule has 2 atom stereocenters. The molecule has 174 valence electrons. The van der Waals surface area contributed by atoms with Crippen molar-refractivity contribution in [2.75, 3.05) is 13.1 Å². The van der Waals surface area contributed by atoms with Crippen molar-refractivity contribution in [3.8, 4) is 11.3 Å². The number of carbonyl (C=O) groups is 1. The summed E-state index contributed by atoms with van der Waals surface area (Å²) in [6.45, 7) is 3.96. The topological polar surface area (TPSA) is 98.9 Å². The Balaban J connectivity index is 1.43. The van der Waals surface area contributed by atoms with Gasteiger partial charge in [-0.2, -0.15) is 4.31 Å². The summed E-state index contributed by atoms with van der Waals surface area (Å²) in [5, 5.41) is 0.606. The second kappa shape index (κ2) is 9.64. The van der Waals surface area contributed by atoms with Gasteiger partial charge in [0.05, 0.1) is 28.9 Å². The molecule has 0 saturated carbocycles. The maximum atomic E-state index is 13.1. The molecule has 2 heterocycles. The van der Waals surface area contributed by atoms with Gasteiger partial charge in [-0.3, -0.25) is 0 Å². The Morgan fingerprint density at radius 2 is 1.85 bits per heavy atom. The molecule has 1 saturated heterocycles. The molecule has 8 nitrogen and oxygen atoms in total. The van der Waals surface area contributed by atoms with Gasteiger partial charge < -0.3 is 13.9 Å². The summed E-state index contributed by atoms with van der Waals surface area (Å²) in [7, 11) is -3.78. The van der Waals surface area contributed by atoms with Gasteiger partial charge in [-0.15, -0.1) is 0 Å². The van der Waals surface area contributed by atoms with Gasteiger partial charge in [0.25, 0.3) is 0 Å². The molecule has 1 fully saturated rings. The molecule has 2 unspecified atom stereocenters. The number of benzene rings is 2. The van der Waals surface area contributed by atoms with Crippen LogP contribution < -0.4 is 0 Å². The summed E-state index contributed by atoms with van der Waals surface area (Å²) in [6.07, 6.45) is 1.11. The molecule has 0 spiro atoms. The number of hydrogen-bond donors (Lipinski definition) is 0. The van der Waals surface area contributed by atoms with Crippen LogP contribution in [0.2, 0.25) is 5.02 Å². The van der Waals surface area contributed by atoms with Crippen LogP contribution in [0.1, 0.15) is 30.1 Å². The molecular formula is C23H23ClN2O6S. The van der Waals surface area contributed by atoms with Crippen LogP contribution in [0.5, 0.6) is 0 Å². The SMILES string of the molecule is CC1CN(S(=O)(=O)c2cccc(C(=O)OCc3ncc(-c4ccc(Cl)cc4)o3)c2)CC(C)O1. The number of nitrogens with zero attached hydrogens (tertiary/aromatic N) is 2. The van der Waals surface area contributed by atoms with Crippen LogP contribution in [0.15, 0.2) is 64.0 Å². The van der Waals surface area contributed by atoms with Gasteiger partial charge in [-0.05, 0) is 56.3 Å². The minimum atomic E-state index is -3.78. The van der Waals surface area contributed by atoms with Crippen molar-refractivity contribution in [1.82, 2.24) is 9.29 Å². The summed E-state index contributed by atoms with van der Waals surface area (Å²) in [5.74, 6) is 0.0511. The molecule has 10 heteroatoms. The van der Waals surface area contributed by atoms with Gasteiger partial charge in [0.2, 0.25) is 15.9 Å². The maximum Gasteiger partial charge on any atom is 0.338 e. The highest BCUT2D eigenvalue weighted by molar-refractivity contribution is 7.89. The molecule has 3 aromatic rings. The molecule has 0 bridgehead atoms. The highest BCUT2D eigenvalue weighted by atomic mass is 35.5. The zero-order valence-electron chi connectivity index (χ0n) is 18.1. The molecule has 2 aromatic carbocycles. The van der Waals surface area contributed by atoms with Crippen molar-refractivity contribution in [1.29, 1.82) is 0 Å². The first-order valence-electron chi connectivity index (χ1n) is 10.4. The fourth-order valence-corrected chi connectivity index (χ4v) is 5.36. The number of morpholine rings is 1. The fourth-order valence-electron chi connectivity index (χ4n) is 3.59. The largest absolute Gasteiger partial charge is 0.452 e. The van der Waals surface area contributed by atoms with E-state index in [4.69, 9.17) is 25.5 Å². The number of sulfonamides is 1. The summed E-state index contributed by atoms with van der Waals surface area (Å²) in [5.41, 5.74) is 0.907. The highest BCUT2D eigenvalue weighted by Gasteiger charge is 2.32. The predicted molar refractivity (Wildman–Crippen MR) is 121 cm³/mol. The lowest BCUT2D eigenvalue weighted by Crippen LogP contribution is -2.48. The van der Waals surface area contributed by atoms with Crippen LogP contribution in [-0.2, 0) is 26.1 Å². The van der Waals surface area contributed by atoms with Crippen LogP contribution in [-0.4, -0.2) is 49.0 Å². The van der Waals surface area contributed by atoms with Crippen LogP contribution >= 0.6 is 11.6 Å². The number of rotatable bonds is 6. The van der Waals surface area contributed by atoms with Crippen molar-refractivity contribution in [2.45, 2.75) is 37.6 Å². The summed E-state index contributed by atoms with van der Waals surface area (Å²) >= 11 is 5.89. The van der Waals surface area contributed by atoms with Crippen LogP contribution in [0.25, 0.3) is 11.3 Å². The maximum absolute atomic E-state index is 13.1. The van der Waals surface area contributed by atoms with Crippen molar-refractivity contribution in [2.24, 2.45) is 0 Å². The second-order valence-corrected chi connectivity index (χ2v) is 10.2. The van der Waals surface area contributed by atoms with E-state index in [0.717, 1.165) is 5.56 Å². The van der Waals surface area contributed by atoms with Gasteiger partial charge in [-0.1, -0.05) is 17.7 Å². The Morgan fingerprint density at radius 3 is 2.55 bits per heavy atom. The molecule has 0 amide bonds. The lowest BCUT2D eigenvalue weighted by atomic mass is 10.2. The van der Waals surface area contributed by atoms with Gasteiger partial charge in [0.15, 0.2) is 12.4 Å². The summed E-state index contributed by atoms with van der Waals surface area (Å²) < 4.78 is 44.1. The van der Waals surface area contributed by atoms with E-state index >= 15 is 0 Å². The van der Waals surface area contributed by atoms with E-state index < -0.39 is 16.0 Å². The normalized spacial score (nSPS) is 19.4. The Morgan fingerprint density at radius 1 is 1.15 bits per heavy atom. The predicted octanol–water partition coefficient (Wildman–Crippen LogP) is 4.15. The number of halogens is 1. The Bertz CT molecular complexity index is 1230. The molecular weight excluding hydrogens is 468 g/mol. The highest BCUT2D eigenvalue weighted by Crippen LogP contribution is 2.24. The average Bonchev–Trinajstić information content (AvgIpc) is 3.26. The molecule has 33 heavy (non-hydrogen) atoms. The zero-order valence-corrected chi connectivity index (χ0v) is 19.7. The van der Waals surface area contributed by atoms with Crippen molar-refractivity contribution in [3.63, 3.8) is 0 Å².